The van der Waals surface area contributed by atoms with E-state index in [0.29, 0.717) is 11.4 Å². The summed E-state index contributed by atoms with van der Waals surface area (Å²) >= 11 is 5.80. The average Bonchev–Trinajstić information content (AvgIpc) is 2.46. The molecule has 1 aromatic rings. The van der Waals surface area contributed by atoms with Gasteiger partial charge >= 0.3 is 6.01 Å². The van der Waals surface area contributed by atoms with Gasteiger partial charge < -0.3 is 10.1 Å². The van der Waals surface area contributed by atoms with E-state index in [-0.39, 0.29) is 23.5 Å². The standard InChI is InChI=1S/C7H6ClN3O2/c1-13-7-10-5(8)3-2-4(12)9-6(3)11-7/h2H2,1H3,(H,9,10,11,12). The molecule has 6 heteroatoms. The minimum absolute atomic E-state index is 0.126. The van der Waals surface area contributed by atoms with Gasteiger partial charge in [-0.2, -0.15) is 9.97 Å². The van der Waals surface area contributed by atoms with Crippen LogP contribution < -0.4 is 10.1 Å². The van der Waals surface area contributed by atoms with Crippen molar-refractivity contribution in [1.82, 2.24) is 9.97 Å². The number of amides is 1. The Morgan fingerprint density at radius 2 is 2.31 bits per heavy atom. The summed E-state index contributed by atoms with van der Waals surface area (Å²) in [6.45, 7) is 0. The van der Waals surface area contributed by atoms with Crippen molar-refractivity contribution in [3.63, 3.8) is 0 Å². The van der Waals surface area contributed by atoms with Crippen molar-refractivity contribution >= 4 is 23.3 Å². The van der Waals surface area contributed by atoms with Crippen molar-refractivity contribution in [3.05, 3.63) is 10.7 Å². The summed E-state index contributed by atoms with van der Waals surface area (Å²) in [6, 6.07) is 0.158. The molecule has 1 aliphatic rings. The van der Waals surface area contributed by atoms with Gasteiger partial charge in [0, 0.05) is 5.56 Å². The Labute approximate surface area is 79.1 Å². The van der Waals surface area contributed by atoms with Crippen LogP contribution >= 0.6 is 11.6 Å². The van der Waals surface area contributed by atoms with Crippen LogP contribution in [0.15, 0.2) is 0 Å². The summed E-state index contributed by atoms with van der Waals surface area (Å²) in [5.41, 5.74) is 0.632. The predicted molar refractivity (Wildman–Crippen MR) is 45.9 cm³/mol. The van der Waals surface area contributed by atoms with Gasteiger partial charge in [-0.25, -0.2) is 0 Å². The number of carbonyl (C=O) groups is 1. The lowest BCUT2D eigenvalue weighted by Gasteiger charge is -2.01. The normalized spacial score (nSPS) is 13.8. The second-order valence-corrected chi connectivity index (χ2v) is 2.91. The van der Waals surface area contributed by atoms with E-state index in [4.69, 9.17) is 16.3 Å². The Bertz CT molecular complexity index is 380. The molecule has 1 amide bonds. The Morgan fingerprint density at radius 3 is 3.00 bits per heavy atom. The summed E-state index contributed by atoms with van der Waals surface area (Å²) in [5.74, 6) is 0.321. The lowest BCUT2D eigenvalue weighted by atomic mass is 10.3. The number of ether oxygens (including phenoxy) is 1. The summed E-state index contributed by atoms with van der Waals surface area (Å²) < 4.78 is 4.80. The zero-order chi connectivity index (χ0) is 9.42. The van der Waals surface area contributed by atoms with E-state index in [1.807, 2.05) is 0 Å². The first kappa shape index (κ1) is 8.25. The van der Waals surface area contributed by atoms with Gasteiger partial charge in [0.25, 0.3) is 0 Å². The third kappa shape index (κ3) is 1.31. The minimum Gasteiger partial charge on any atom is -0.467 e. The summed E-state index contributed by atoms with van der Waals surface area (Å²) in [6.07, 6.45) is 0.234. The third-order valence-electron chi connectivity index (χ3n) is 1.71. The summed E-state index contributed by atoms with van der Waals surface area (Å²) in [7, 11) is 1.44. The van der Waals surface area contributed by atoms with Gasteiger partial charge in [-0.3, -0.25) is 4.79 Å². The SMILES string of the molecule is COc1nc(Cl)c2c(n1)NC(=O)C2. The maximum Gasteiger partial charge on any atom is 0.319 e. The summed E-state index contributed by atoms with van der Waals surface area (Å²) in [5, 5.41) is 2.82. The molecule has 0 unspecified atom stereocenters. The van der Waals surface area contributed by atoms with Crippen molar-refractivity contribution < 1.29 is 9.53 Å². The first-order chi connectivity index (χ1) is 6.20. The number of rotatable bonds is 1. The fraction of sp³-hybridized carbons (Fsp3) is 0.286. The molecule has 0 spiro atoms. The van der Waals surface area contributed by atoms with Crippen LogP contribution in [0.25, 0.3) is 0 Å². The highest BCUT2D eigenvalue weighted by Crippen LogP contribution is 2.28. The highest BCUT2D eigenvalue weighted by atomic mass is 35.5. The van der Waals surface area contributed by atoms with E-state index in [9.17, 15) is 4.79 Å². The highest BCUT2D eigenvalue weighted by Gasteiger charge is 2.23. The Morgan fingerprint density at radius 1 is 1.54 bits per heavy atom. The van der Waals surface area contributed by atoms with Crippen LogP contribution in [0.4, 0.5) is 5.82 Å². The van der Waals surface area contributed by atoms with E-state index in [0.717, 1.165) is 0 Å². The van der Waals surface area contributed by atoms with E-state index in [1.165, 1.54) is 7.11 Å². The molecular weight excluding hydrogens is 194 g/mol. The molecule has 0 aliphatic carbocycles. The van der Waals surface area contributed by atoms with Crippen molar-refractivity contribution in [2.45, 2.75) is 6.42 Å². The average molecular weight is 200 g/mol. The van der Waals surface area contributed by atoms with Crippen molar-refractivity contribution in [2.75, 3.05) is 12.4 Å². The topological polar surface area (TPSA) is 64.1 Å². The first-order valence-electron chi connectivity index (χ1n) is 3.61. The number of nitrogens with one attached hydrogen (secondary N) is 1. The van der Waals surface area contributed by atoms with Gasteiger partial charge in [-0.15, -0.1) is 0 Å². The van der Waals surface area contributed by atoms with Gasteiger partial charge in [0.15, 0.2) is 0 Å². The molecule has 0 radical (unpaired) electrons. The van der Waals surface area contributed by atoms with E-state index in [2.05, 4.69) is 15.3 Å². The number of methoxy groups -OCH3 is 1. The smallest absolute Gasteiger partial charge is 0.319 e. The number of carbonyl (C=O) groups excluding carboxylic acids is 1. The van der Waals surface area contributed by atoms with Crippen LogP contribution in [0.2, 0.25) is 5.15 Å². The molecule has 5 nitrogen and oxygen atoms in total. The largest absolute Gasteiger partial charge is 0.467 e. The quantitative estimate of drug-likeness (QED) is 0.674. The molecule has 1 N–H and O–H groups in total. The fourth-order valence-corrected chi connectivity index (χ4v) is 1.35. The molecule has 0 atom stereocenters. The van der Waals surface area contributed by atoms with Gasteiger partial charge in [0.2, 0.25) is 5.91 Å². The van der Waals surface area contributed by atoms with Gasteiger partial charge in [-0.1, -0.05) is 11.6 Å². The molecule has 0 fully saturated rings. The summed E-state index contributed by atoms with van der Waals surface area (Å²) in [4.78, 5) is 18.7. The number of nitrogens with zero attached hydrogens (tertiary/aromatic N) is 2. The molecule has 0 aromatic carbocycles. The molecule has 0 bridgehead atoms. The Hall–Kier alpha value is -1.36. The zero-order valence-corrected chi connectivity index (χ0v) is 7.55. The molecule has 2 heterocycles. The molecule has 1 aromatic heterocycles. The van der Waals surface area contributed by atoms with Gasteiger partial charge in [-0.05, 0) is 0 Å². The van der Waals surface area contributed by atoms with Crippen molar-refractivity contribution in [2.24, 2.45) is 0 Å². The van der Waals surface area contributed by atoms with Crippen molar-refractivity contribution in [3.8, 4) is 6.01 Å². The molecule has 13 heavy (non-hydrogen) atoms. The number of fused-ring (bicyclic) bond motifs is 1. The lowest BCUT2D eigenvalue weighted by Crippen LogP contribution is -2.04. The van der Waals surface area contributed by atoms with Crippen molar-refractivity contribution in [1.29, 1.82) is 0 Å². The molecule has 1 aliphatic heterocycles. The maximum atomic E-state index is 11.0. The molecule has 2 rings (SSSR count). The number of anilines is 1. The van der Waals surface area contributed by atoms with Crippen LogP contribution in [0, 0.1) is 0 Å². The van der Waals surface area contributed by atoms with E-state index >= 15 is 0 Å². The number of halogens is 1. The van der Waals surface area contributed by atoms with E-state index in [1.54, 1.807) is 0 Å². The minimum atomic E-state index is -0.126. The van der Waals surface area contributed by atoms with Crippen LogP contribution in [-0.2, 0) is 11.2 Å². The van der Waals surface area contributed by atoms with Gasteiger partial charge in [0.05, 0.1) is 13.5 Å². The molecule has 68 valence electrons. The number of hydrogen-bond donors (Lipinski definition) is 1. The lowest BCUT2D eigenvalue weighted by molar-refractivity contribution is -0.115. The molecule has 0 saturated carbocycles. The Kier molecular flexibility index (Phi) is 1.81. The maximum absolute atomic E-state index is 11.0. The molecular formula is C7H6ClN3O2. The fourth-order valence-electron chi connectivity index (χ4n) is 1.13. The third-order valence-corrected chi connectivity index (χ3v) is 2.03. The van der Waals surface area contributed by atoms with Crippen LogP contribution in [-0.4, -0.2) is 23.0 Å². The Balaban J connectivity index is 2.52. The zero-order valence-electron chi connectivity index (χ0n) is 6.80. The highest BCUT2D eigenvalue weighted by molar-refractivity contribution is 6.31. The predicted octanol–water partition coefficient (Wildman–Crippen LogP) is 0.633. The first-order valence-corrected chi connectivity index (χ1v) is 3.98. The van der Waals surface area contributed by atoms with Crippen LogP contribution in [0.1, 0.15) is 5.56 Å². The number of hydrogen-bond acceptors (Lipinski definition) is 4. The number of aromatic nitrogens is 2. The monoisotopic (exact) mass is 199 g/mol. The molecule has 0 saturated heterocycles. The second kappa shape index (κ2) is 2.85. The van der Waals surface area contributed by atoms with E-state index < -0.39 is 0 Å². The van der Waals surface area contributed by atoms with Crippen LogP contribution in [0.3, 0.4) is 0 Å². The second-order valence-electron chi connectivity index (χ2n) is 2.55. The van der Waals surface area contributed by atoms with Crippen LogP contribution in [0.5, 0.6) is 6.01 Å². The van der Waals surface area contributed by atoms with Gasteiger partial charge in [0.1, 0.15) is 11.0 Å².